The van der Waals surface area contributed by atoms with Crippen molar-refractivity contribution in [3.05, 3.63) is 51.3 Å². The number of sulfonamides is 1. The average molecular weight is 429 g/mol. The molecule has 0 N–H and O–H groups in total. The Labute approximate surface area is 154 Å². The number of amides is 1. The summed E-state index contributed by atoms with van der Waals surface area (Å²) in [5, 5.41) is 0. The molecular weight excluding hydrogens is 412 g/mol. The topological polar surface area (TPSA) is 57.7 Å². The van der Waals surface area contributed by atoms with E-state index in [9.17, 15) is 13.2 Å². The number of rotatable bonds is 3. The van der Waals surface area contributed by atoms with Crippen molar-refractivity contribution in [3.63, 3.8) is 0 Å². The second kappa shape index (κ2) is 6.95. The van der Waals surface area contributed by atoms with Crippen LogP contribution in [0.15, 0.2) is 45.1 Å². The number of carbonyl (C=O) groups is 1. The molecule has 2 heterocycles. The number of carbonyl (C=O) groups excluding carboxylic acids is 1. The lowest BCUT2D eigenvalue weighted by atomic mass is 10.2. The normalized spacial score (nSPS) is 16.3. The zero-order chi connectivity index (χ0) is 17.3. The molecular formula is C16H17BrN2O3S2. The van der Waals surface area contributed by atoms with E-state index in [1.54, 1.807) is 23.1 Å². The summed E-state index contributed by atoms with van der Waals surface area (Å²) in [6, 6.07) is 10.7. The molecule has 8 heteroatoms. The lowest BCUT2D eigenvalue weighted by Gasteiger charge is -2.33. The summed E-state index contributed by atoms with van der Waals surface area (Å²) in [5.41, 5.74) is 0.606. The van der Waals surface area contributed by atoms with Gasteiger partial charge in [0, 0.05) is 41.1 Å². The van der Waals surface area contributed by atoms with Gasteiger partial charge in [-0.1, -0.05) is 22.0 Å². The average Bonchev–Trinajstić information content (AvgIpc) is 3.01. The first kappa shape index (κ1) is 17.6. The largest absolute Gasteiger partial charge is 0.336 e. The van der Waals surface area contributed by atoms with Gasteiger partial charge in [0.25, 0.3) is 15.9 Å². The van der Waals surface area contributed by atoms with Crippen LogP contribution in [0.25, 0.3) is 0 Å². The highest BCUT2D eigenvalue weighted by molar-refractivity contribution is 9.10. The number of nitrogens with zero attached hydrogens (tertiary/aromatic N) is 2. The maximum absolute atomic E-state index is 12.6. The van der Waals surface area contributed by atoms with Gasteiger partial charge in [-0.25, -0.2) is 8.42 Å². The van der Waals surface area contributed by atoms with Crippen LogP contribution in [0.5, 0.6) is 0 Å². The molecule has 1 aliphatic heterocycles. The Morgan fingerprint density at radius 1 is 1.12 bits per heavy atom. The maximum Gasteiger partial charge on any atom is 0.253 e. The van der Waals surface area contributed by atoms with Crippen molar-refractivity contribution in [1.29, 1.82) is 0 Å². The molecule has 0 aliphatic carbocycles. The Bertz CT molecular complexity index is 856. The molecule has 1 fully saturated rings. The molecule has 1 amide bonds. The fraction of sp³-hybridized carbons (Fsp3) is 0.312. The third kappa shape index (κ3) is 3.56. The number of benzene rings is 1. The van der Waals surface area contributed by atoms with Gasteiger partial charge in [0.15, 0.2) is 0 Å². The number of thiophene rings is 1. The van der Waals surface area contributed by atoms with E-state index in [1.165, 1.54) is 15.6 Å². The number of hydrogen-bond donors (Lipinski definition) is 0. The number of halogens is 1. The fourth-order valence-corrected chi connectivity index (χ4v) is 5.87. The Hall–Kier alpha value is -1.22. The van der Waals surface area contributed by atoms with Gasteiger partial charge in [-0.15, -0.1) is 11.3 Å². The summed E-state index contributed by atoms with van der Waals surface area (Å²) in [5.74, 6) is -0.0692. The minimum absolute atomic E-state index is 0.0692. The molecule has 1 aliphatic rings. The van der Waals surface area contributed by atoms with Gasteiger partial charge in [0.2, 0.25) is 0 Å². The second-order valence-corrected chi connectivity index (χ2v) is 9.94. The molecule has 2 aromatic rings. The van der Waals surface area contributed by atoms with E-state index in [2.05, 4.69) is 15.9 Å². The first-order valence-electron chi connectivity index (χ1n) is 7.49. The van der Waals surface area contributed by atoms with Crippen LogP contribution in [0.2, 0.25) is 0 Å². The molecule has 0 bridgehead atoms. The molecule has 5 nitrogen and oxygen atoms in total. The van der Waals surface area contributed by atoms with Gasteiger partial charge >= 0.3 is 0 Å². The summed E-state index contributed by atoms with van der Waals surface area (Å²) >= 11 is 4.64. The molecule has 3 rings (SSSR count). The van der Waals surface area contributed by atoms with Crippen molar-refractivity contribution in [2.45, 2.75) is 11.1 Å². The first-order chi connectivity index (χ1) is 11.4. The Morgan fingerprint density at radius 3 is 2.42 bits per heavy atom. The number of aryl methyl sites for hydroxylation is 1. The van der Waals surface area contributed by atoms with E-state index in [-0.39, 0.29) is 5.91 Å². The quantitative estimate of drug-likeness (QED) is 0.754. The molecule has 128 valence electrons. The molecule has 24 heavy (non-hydrogen) atoms. The zero-order valence-corrected chi connectivity index (χ0v) is 16.3. The van der Waals surface area contributed by atoms with Gasteiger partial charge in [-0.2, -0.15) is 4.31 Å². The predicted octanol–water partition coefficient (Wildman–Crippen LogP) is 2.97. The van der Waals surface area contributed by atoms with Gasteiger partial charge < -0.3 is 4.90 Å². The van der Waals surface area contributed by atoms with Crippen LogP contribution >= 0.6 is 27.3 Å². The first-order valence-corrected chi connectivity index (χ1v) is 10.5. The second-order valence-electron chi connectivity index (χ2n) is 5.57. The van der Waals surface area contributed by atoms with Crippen LogP contribution in [0, 0.1) is 6.92 Å². The highest BCUT2D eigenvalue weighted by atomic mass is 79.9. The summed E-state index contributed by atoms with van der Waals surface area (Å²) in [6.07, 6.45) is 0. The SMILES string of the molecule is Cc1ccc(S(=O)(=O)N2CCN(C(=O)c3cccc(Br)c3)CC2)s1. The van der Waals surface area contributed by atoms with Gasteiger partial charge in [0.05, 0.1) is 0 Å². The van der Waals surface area contributed by atoms with Crippen molar-refractivity contribution >= 4 is 43.2 Å². The predicted molar refractivity (Wildman–Crippen MR) is 97.9 cm³/mol. The Morgan fingerprint density at radius 2 is 1.83 bits per heavy atom. The molecule has 0 spiro atoms. The van der Waals surface area contributed by atoms with Crippen LogP contribution in [0.3, 0.4) is 0 Å². The zero-order valence-electron chi connectivity index (χ0n) is 13.1. The van der Waals surface area contributed by atoms with Crippen molar-refractivity contribution in [1.82, 2.24) is 9.21 Å². The summed E-state index contributed by atoms with van der Waals surface area (Å²) in [6.45, 7) is 3.32. The van der Waals surface area contributed by atoms with Crippen molar-refractivity contribution in [3.8, 4) is 0 Å². The molecule has 0 saturated carbocycles. The van der Waals surface area contributed by atoms with Crippen LogP contribution in [-0.2, 0) is 10.0 Å². The molecule has 0 atom stereocenters. The highest BCUT2D eigenvalue weighted by Gasteiger charge is 2.31. The van der Waals surface area contributed by atoms with Gasteiger partial charge in [-0.05, 0) is 37.3 Å². The maximum atomic E-state index is 12.6. The summed E-state index contributed by atoms with van der Waals surface area (Å²) in [7, 11) is -3.46. The van der Waals surface area contributed by atoms with E-state index in [4.69, 9.17) is 0 Å². The smallest absolute Gasteiger partial charge is 0.253 e. The van der Waals surface area contributed by atoms with Crippen LogP contribution in [-0.4, -0.2) is 49.7 Å². The lowest BCUT2D eigenvalue weighted by Crippen LogP contribution is -2.50. The lowest BCUT2D eigenvalue weighted by molar-refractivity contribution is 0.0698. The molecule has 1 saturated heterocycles. The third-order valence-corrected chi connectivity index (χ3v) is 7.77. The summed E-state index contributed by atoms with van der Waals surface area (Å²) < 4.78 is 27.9. The number of hydrogen-bond acceptors (Lipinski definition) is 4. The fourth-order valence-electron chi connectivity index (χ4n) is 2.61. The van der Waals surface area contributed by atoms with Crippen LogP contribution < -0.4 is 0 Å². The van der Waals surface area contributed by atoms with E-state index < -0.39 is 10.0 Å². The molecule has 0 unspecified atom stereocenters. The Balaban J connectivity index is 1.68. The van der Waals surface area contributed by atoms with E-state index in [0.29, 0.717) is 36.0 Å². The number of piperazine rings is 1. The van der Waals surface area contributed by atoms with Gasteiger partial charge in [0.1, 0.15) is 4.21 Å². The van der Waals surface area contributed by atoms with E-state index in [1.807, 2.05) is 25.1 Å². The van der Waals surface area contributed by atoms with Crippen LogP contribution in [0.1, 0.15) is 15.2 Å². The molecule has 1 aromatic heterocycles. The standard InChI is InChI=1S/C16H17BrN2O3S2/c1-12-5-6-15(23-12)24(21,22)19-9-7-18(8-10-19)16(20)13-3-2-4-14(17)11-13/h2-6,11H,7-10H2,1H3. The highest BCUT2D eigenvalue weighted by Crippen LogP contribution is 2.25. The van der Waals surface area contributed by atoms with Crippen LogP contribution in [0.4, 0.5) is 0 Å². The molecule has 1 aromatic carbocycles. The monoisotopic (exact) mass is 428 g/mol. The summed E-state index contributed by atoms with van der Waals surface area (Å²) in [4.78, 5) is 15.2. The molecule has 0 radical (unpaired) electrons. The minimum atomic E-state index is -3.46. The van der Waals surface area contributed by atoms with Crippen molar-refractivity contribution in [2.75, 3.05) is 26.2 Å². The van der Waals surface area contributed by atoms with Gasteiger partial charge in [-0.3, -0.25) is 4.79 Å². The van der Waals surface area contributed by atoms with E-state index in [0.717, 1.165) is 9.35 Å². The van der Waals surface area contributed by atoms with Crippen molar-refractivity contribution in [2.24, 2.45) is 0 Å². The minimum Gasteiger partial charge on any atom is -0.336 e. The third-order valence-electron chi connectivity index (χ3n) is 3.91. The van der Waals surface area contributed by atoms with E-state index >= 15 is 0 Å². The Kier molecular flexibility index (Phi) is 5.10. The van der Waals surface area contributed by atoms with Crippen molar-refractivity contribution < 1.29 is 13.2 Å².